The van der Waals surface area contributed by atoms with Gasteiger partial charge >= 0.3 is 12.1 Å². The normalized spacial score (nSPS) is 10.3. The minimum atomic E-state index is -0.363. The summed E-state index contributed by atoms with van der Waals surface area (Å²) in [5.74, 6) is 0. The lowest BCUT2D eigenvalue weighted by Gasteiger charge is -2.10. The van der Waals surface area contributed by atoms with Gasteiger partial charge in [0, 0.05) is 36.2 Å². The highest BCUT2D eigenvalue weighted by molar-refractivity contribution is 6.00. The molecule has 0 radical (unpaired) electrons. The van der Waals surface area contributed by atoms with Gasteiger partial charge in [0.05, 0.1) is 11.4 Å². The minimum absolute atomic E-state index is 0.330. The molecule has 0 aliphatic rings. The molecule has 0 unspecified atom stereocenters. The predicted molar refractivity (Wildman–Crippen MR) is 130 cm³/mol. The summed E-state index contributed by atoms with van der Waals surface area (Å²) in [5.41, 5.74) is 3.69. The zero-order valence-electron chi connectivity index (χ0n) is 17.9. The Hall–Kier alpha value is -4.59. The SMILES string of the molecule is O=C(NCCc1ccn(-c2ccccc2)n1)Nc1cccc(NC(=O)Nc2ccccc2)c1. The summed E-state index contributed by atoms with van der Waals surface area (Å²) in [4.78, 5) is 24.4. The van der Waals surface area contributed by atoms with Crippen LogP contribution in [0.15, 0.2) is 97.2 Å². The lowest BCUT2D eigenvalue weighted by atomic mass is 10.2. The van der Waals surface area contributed by atoms with E-state index in [1.807, 2.05) is 65.5 Å². The Morgan fingerprint density at radius 3 is 2.03 bits per heavy atom. The molecule has 0 atom stereocenters. The van der Waals surface area contributed by atoms with Crippen molar-refractivity contribution in [2.24, 2.45) is 0 Å². The molecule has 33 heavy (non-hydrogen) atoms. The van der Waals surface area contributed by atoms with E-state index in [0.717, 1.165) is 11.4 Å². The second-order valence-electron chi connectivity index (χ2n) is 7.24. The van der Waals surface area contributed by atoms with Crippen molar-refractivity contribution in [3.8, 4) is 5.69 Å². The van der Waals surface area contributed by atoms with Crippen molar-refractivity contribution in [1.82, 2.24) is 15.1 Å². The summed E-state index contributed by atoms with van der Waals surface area (Å²) in [7, 11) is 0. The first kappa shape index (κ1) is 21.6. The van der Waals surface area contributed by atoms with Crippen LogP contribution in [0.25, 0.3) is 5.69 Å². The molecule has 4 N–H and O–H groups in total. The van der Waals surface area contributed by atoms with E-state index in [2.05, 4.69) is 26.4 Å². The van der Waals surface area contributed by atoms with E-state index < -0.39 is 0 Å². The number of para-hydroxylation sites is 2. The summed E-state index contributed by atoms with van der Waals surface area (Å²) < 4.78 is 1.81. The molecule has 0 bridgehead atoms. The molecule has 0 aliphatic heterocycles. The maximum Gasteiger partial charge on any atom is 0.323 e. The van der Waals surface area contributed by atoms with Gasteiger partial charge in [-0.05, 0) is 48.5 Å². The number of anilines is 3. The van der Waals surface area contributed by atoms with Crippen molar-refractivity contribution in [2.45, 2.75) is 6.42 Å². The molecule has 1 heterocycles. The van der Waals surface area contributed by atoms with Crippen molar-refractivity contribution in [3.05, 3.63) is 103 Å². The number of nitrogens with zero attached hydrogens (tertiary/aromatic N) is 2. The first-order valence-corrected chi connectivity index (χ1v) is 10.5. The van der Waals surface area contributed by atoms with E-state index in [1.165, 1.54) is 0 Å². The summed E-state index contributed by atoms with van der Waals surface area (Å²) >= 11 is 0. The van der Waals surface area contributed by atoms with Crippen molar-refractivity contribution in [2.75, 3.05) is 22.5 Å². The molecule has 3 aromatic carbocycles. The van der Waals surface area contributed by atoms with Crippen LogP contribution in [0, 0.1) is 0 Å². The van der Waals surface area contributed by atoms with Crippen LogP contribution in [0.1, 0.15) is 5.69 Å². The predicted octanol–water partition coefficient (Wildman–Crippen LogP) is 4.88. The Morgan fingerprint density at radius 2 is 1.30 bits per heavy atom. The molecular formula is C25H24N6O2. The van der Waals surface area contributed by atoms with Gasteiger partial charge in [0.25, 0.3) is 0 Å². The molecule has 0 aliphatic carbocycles. The van der Waals surface area contributed by atoms with Gasteiger partial charge in [-0.2, -0.15) is 5.10 Å². The van der Waals surface area contributed by atoms with E-state index in [9.17, 15) is 9.59 Å². The van der Waals surface area contributed by atoms with Gasteiger partial charge in [0.2, 0.25) is 0 Å². The molecule has 0 saturated heterocycles. The number of amides is 4. The molecule has 166 valence electrons. The number of urea groups is 2. The average molecular weight is 441 g/mol. The fraction of sp³-hybridized carbons (Fsp3) is 0.0800. The third-order valence-electron chi connectivity index (χ3n) is 4.74. The number of hydrogen-bond acceptors (Lipinski definition) is 3. The van der Waals surface area contributed by atoms with E-state index in [0.29, 0.717) is 30.0 Å². The lowest BCUT2D eigenvalue weighted by molar-refractivity contribution is 0.252. The van der Waals surface area contributed by atoms with Crippen LogP contribution in [-0.4, -0.2) is 28.4 Å². The molecule has 1 aromatic heterocycles. The second kappa shape index (κ2) is 10.6. The first-order valence-electron chi connectivity index (χ1n) is 10.5. The molecule has 8 heteroatoms. The molecule has 0 spiro atoms. The molecule has 0 fully saturated rings. The van der Waals surface area contributed by atoms with Crippen molar-refractivity contribution < 1.29 is 9.59 Å². The van der Waals surface area contributed by atoms with Crippen molar-refractivity contribution in [3.63, 3.8) is 0 Å². The van der Waals surface area contributed by atoms with Crippen LogP contribution >= 0.6 is 0 Å². The number of aromatic nitrogens is 2. The fourth-order valence-corrected chi connectivity index (χ4v) is 3.19. The van der Waals surface area contributed by atoms with Crippen molar-refractivity contribution >= 4 is 29.1 Å². The van der Waals surface area contributed by atoms with Crippen LogP contribution in [0.3, 0.4) is 0 Å². The summed E-state index contributed by atoms with van der Waals surface area (Å²) in [6, 6.07) is 27.2. The molecule has 4 amide bonds. The number of benzene rings is 3. The molecule has 4 aromatic rings. The van der Waals surface area contributed by atoms with Gasteiger partial charge in [-0.25, -0.2) is 14.3 Å². The Morgan fingerprint density at radius 1 is 0.697 bits per heavy atom. The van der Waals surface area contributed by atoms with E-state index >= 15 is 0 Å². The van der Waals surface area contributed by atoms with Gasteiger partial charge < -0.3 is 21.3 Å². The van der Waals surface area contributed by atoms with E-state index in [4.69, 9.17) is 0 Å². The maximum atomic E-state index is 12.3. The Balaban J connectivity index is 1.23. The highest BCUT2D eigenvalue weighted by Gasteiger charge is 2.06. The van der Waals surface area contributed by atoms with Crippen LogP contribution in [-0.2, 0) is 6.42 Å². The van der Waals surface area contributed by atoms with Gasteiger partial charge in [0.15, 0.2) is 0 Å². The number of hydrogen-bond donors (Lipinski definition) is 4. The summed E-state index contributed by atoms with van der Waals surface area (Å²) in [5, 5.41) is 15.6. The van der Waals surface area contributed by atoms with Gasteiger partial charge in [0.1, 0.15) is 0 Å². The highest BCUT2D eigenvalue weighted by atomic mass is 16.2. The zero-order chi connectivity index (χ0) is 22.9. The zero-order valence-corrected chi connectivity index (χ0v) is 17.9. The van der Waals surface area contributed by atoms with Gasteiger partial charge in [-0.3, -0.25) is 0 Å². The lowest BCUT2D eigenvalue weighted by Crippen LogP contribution is -2.30. The van der Waals surface area contributed by atoms with Crippen LogP contribution in [0.5, 0.6) is 0 Å². The number of rotatable bonds is 7. The average Bonchev–Trinajstić information content (AvgIpc) is 3.29. The van der Waals surface area contributed by atoms with Crippen LogP contribution in [0.2, 0.25) is 0 Å². The maximum absolute atomic E-state index is 12.3. The molecule has 0 saturated carbocycles. The third-order valence-corrected chi connectivity index (χ3v) is 4.74. The largest absolute Gasteiger partial charge is 0.337 e. The number of nitrogens with one attached hydrogen (secondary N) is 4. The van der Waals surface area contributed by atoms with Gasteiger partial charge in [-0.15, -0.1) is 0 Å². The summed E-state index contributed by atoms with van der Waals surface area (Å²) in [6.45, 7) is 0.440. The van der Waals surface area contributed by atoms with Crippen LogP contribution in [0.4, 0.5) is 26.7 Å². The minimum Gasteiger partial charge on any atom is -0.337 e. The highest BCUT2D eigenvalue weighted by Crippen LogP contribution is 2.16. The smallest absolute Gasteiger partial charge is 0.323 e. The summed E-state index contributed by atoms with van der Waals surface area (Å²) in [6.07, 6.45) is 2.51. The van der Waals surface area contributed by atoms with Crippen molar-refractivity contribution in [1.29, 1.82) is 0 Å². The Bertz CT molecular complexity index is 1210. The van der Waals surface area contributed by atoms with E-state index in [1.54, 1.807) is 36.4 Å². The fourth-order valence-electron chi connectivity index (χ4n) is 3.19. The van der Waals surface area contributed by atoms with Gasteiger partial charge in [-0.1, -0.05) is 42.5 Å². The third kappa shape index (κ3) is 6.44. The standard InChI is InChI=1S/C25H24N6O2/c32-24(26-16-14-20-15-17-31(30-20)23-12-5-2-6-13-23)28-21-10-7-11-22(18-21)29-25(33)27-19-8-3-1-4-9-19/h1-13,15,17-18H,14,16H2,(H2,26,28,32)(H2,27,29,33). The quantitative estimate of drug-likeness (QED) is 0.329. The van der Waals surface area contributed by atoms with E-state index in [-0.39, 0.29) is 12.1 Å². The topological polar surface area (TPSA) is 100 Å². The molecular weight excluding hydrogens is 416 g/mol. The molecule has 8 nitrogen and oxygen atoms in total. The Kier molecular flexibility index (Phi) is 6.97. The monoisotopic (exact) mass is 440 g/mol. The number of carbonyl (C=O) groups is 2. The second-order valence-corrected chi connectivity index (χ2v) is 7.24. The number of carbonyl (C=O) groups excluding carboxylic acids is 2. The van der Waals surface area contributed by atoms with Crippen LogP contribution < -0.4 is 21.3 Å². The first-order chi connectivity index (χ1) is 16.2. The molecule has 4 rings (SSSR count). The Labute approximate surface area is 191 Å².